The van der Waals surface area contributed by atoms with E-state index < -0.39 is 6.10 Å². The first-order valence-electron chi connectivity index (χ1n) is 6.23. The minimum Gasteiger partial charge on any atom is -0.391 e. The lowest BCUT2D eigenvalue weighted by molar-refractivity contribution is 0.0755. The van der Waals surface area contributed by atoms with Gasteiger partial charge in [-0.2, -0.15) is 0 Å². The summed E-state index contributed by atoms with van der Waals surface area (Å²) in [6.45, 7) is 0.930. The van der Waals surface area contributed by atoms with Gasteiger partial charge in [-0.05, 0) is 6.42 Å². The first-order valence-corrected chi connectivity index (χ1v) is 6.23. The third-order valence-electron chi connectivity index (χ3n) is 3.24. The van der Waals surface area contributed by atoms with E-state index in [0.29, 0.717) is 25.3 Å². The fraction of sp³-hybridized carbons (Fsp3) is 0.286. The fourth-order valence-electron chi connectivity index (χ4n) is 2.20. The van der Waals surface area contributed by atoms with E-state index in [-0.39, 0.29) is 11.6 Å². The van der Waals surface area contributed by atoms with Gasteiger partial charge in [-0.1, -0.05) is 35.5 Å². The summed E-state index contributed by atoms with van der Waals surface area (Å²) in [7, 11) is 0. The van der Waals surface area contributed by atoms with Crippen molar-refractivity contribution < 1.29 is 14.4 Å². The van der Waals surface area contributed by atoms with Crippen molar-refractivity contribution in [2.45, 2.75) is 12.5 Å². The van der Waals surface area contributed by atoms with E-state index in [1.54, 1.807) is 11.0 Å². The van der Waals surface area contributed by atoms with Crippen LogP contribution in [0.2, 0.25) is 0 Å². The van der Waals surface area contributed by atoms with E-state index in [1.807, 2.05) is 30.3 Å². The van der Waals surface area contributed by atoms with Crippen LogP contribution >= 0.6 is 0 Å². The van der Waals surface area contributed by atoms with Gasteiger partial charge >= 0.3 is 0 Å². The van der Waals surface area contributed by atoms with Crippen molar-refractivity contribution in [1.82, 2.24) is 10.1 Å². The van der Waals surface area contributed by atoms with Gasteiger partial charge in [0.25, 0.3) is 5.91 Å². The summed E-state index contributed by atoms with van der Waals surface area (Å²) < 4.78 is 5.20. The number of aliphatic hydroxyl groups excluding tert-OH is 1. The van der Waals surface area contributed by atoms with Gasteiger partial charge in [-0.15, -0.1) is 0 Å². The van der Waals surface area contributed by atoms with Crippen molar-refractivity contribution in [2.24, 2.45) is 0 Å². The summed E-state index contributed by atoms with van der Waals surface area (Å²) in [6.07, 6.45) is 0.194. The Bertz CT molecular complexity index is 579. The van der Waals surface area contributed by atoms with E-state index in [1.165, 1.54) is 0 Å². The number of rotatable bonds is 2. The van der Waals surface area contributed by atoms with Gasteiger partial charge < -0.3 is 14.5 Å². The Balaban J connectivity index is 1.80. The summed E-state index contributed by atoms with van der Waals surface area (Å²) in [5.74, 6) is 0.381. The van der Waals surface area contributed by atoms with Crippen LogP contribution < -0.4 is 0 Å². The lowest BCUT2D eigenvalue weighted by atomic mass is 10.1. The molecule has 1 saturated heterocycles. The Kier molecular flexibility index (Phi) is 3.05. The quantitative estimate of drug-likeness (QED) is 0.887. The van der Waals surface area contributed by atoms with Crippen molar-refractivity contribution in [2.75, 3.05) is 13.1 Å². The second-order valence-corrected chi connectivity index (χ2v) is 4.64. The van der Waals surface area contributed by atoms with Crippen molar-refractivity contribution in [3.63, 3.8) is 0 Å². The summed E-state index contributed by atoms with van der Waals surface area (Å²) >= 11 is 0. The first kappa shape index (κ1) is 11.9. The van der Waals surface area contributed by atoms with Crippen LogP contribution in [0, 0.1) is 0 Å². The molecule has 98 valence electrons. The minimum atomic E-state index is -0.426. The number of β-amino-alcohol motifs (C(OH)–C–C–N with tert-alkyl or cyclic N) is 1. The highest BCUT2D eigenvalue weighted by molar-refractivity contribution is 5.93. The highest BCUT2D eigenvalue weighted by Gasteiger charge is 2.27. The molecule has 0 aliphatic carbocycles. The standard InChI is InChI=1S/C14H14N2O3/c17-11-6-7-16(9-11)14(18)12-8-13(19-15-12)10-4-2-1-3-5-10/h1-5,8,11,17H,6-7,9H2/t11-/m1/s1. The zero-order valence-electron chi connectivity index (χ0n) is 10.3. The predicted molar refractivity (Wildman–Crippen MR) is 68.5 cm³/mol. The fourth-order valence-corrected chi connectivity index (χ4v) is 2.20. The van der Waals surface area contributed by atoms with Gasteiger partial charge in [0, 0.05) is 24.7 Å². The lowest BCUT2D eigenvalue weighted by Crippen LogP contribution is -2.29. The first-order chi connectivity index (χ1) is 9.24. The molecule has 5 heteroatoms. The summed E-state index contributed by atoms with van der Waals surface area (Å²) in [5.41, 5.74) is 1.17. The Morgan fingerprint density at radius 3 is 2.84 bits per heavy atom. The number of hydrogen-bond donors (Lipinski definition) is 1. The molecule has 0 saturated carbocycles. The van der Waals surface area contributed by atoms with Gasteiger partial charge in [0.15, 0.2) is 11.5 Å². The molecular weight excluding hydrogens is 244 g/mol. The number of carbonyl (C=O) groups excluding carboxylic acids is 1. The Morgan fingerprint density at radius 1 is 1.37 bits per heavy atom. The molecule has 1 aromatic heterocycles. The second-order valence-electron chi connectivity index (χ2n) is 4.64. The van der Waals surface area contributed by atoms with E-state index in [9.17, 15) is 9.90 Å². The van der Waals surface area contributed by atoms with Gasteiger partial charge in [0.1, 0.15) is 0 Å². The Hall–Kier alpha value is -2.14. The maximum Gasteiger partial charge on any atom is 0.276 e. The van der Waals surface area contributed by atoms with Crippen LogP contribution in [0.25, 0.3) is 11.3 Å². The zero-order valence-corrected chi connectivity index (χ0v) is 10.3. The van der Waals surface area contributed by atoms with Crippen molar-refractivity contribution in [3.8, 4) is 11.3 Å². The normalized spacial score (nSPS) is 18.8. The van der Waals surface area contributed by atoms with E-state index in [0.717, 1.165) is 5.56 Å². The number of aliphatic hydroxyl groups is 1. The highest BCUT2D eigenvalue weighted by atomic mass is 16.5. The minimum absolute atomic E-state index is 0.192. The molecule has 1 aliphatic heterocycles. The van der Waals surface area contributed by atoms with Crippen molar-refractivity contribution in [1.29, 1.82) is 0 Å². The predicted octanol–water partition coefficient (Wildman–Crippen LogP) is 1.55. The number of likely N-dealkylation sites (tertiary alicyclic amines) is 1. The van der Waals surface area contributed by atoms with Crippen LogP contribution in [-0.2, 0) is 0 Å². The third kappa shape index (κ3) is 2.37. The molecule has 0 radical (unpaired) electrons. The molecule has 1 N–H and O–H groups in total. The zero-order chi connectivity index (χ0) is 13.2. The molecule has 2 heterocycles. The van der Waals surface area contributed by atoms with Crippen molar-refractivity contribution >= 4 is 5.91 Å². The summed E-state index contributed by atoms with van der Waals surface area (Å²) in [6, 6.07) is 11.1. The van der Waals surface area contributed by atoms with Crippen LogP contribution in [0.4, 0.5) is 0 Å². The average Bonchev–Trinajstić information content (AvgIpc) is 3.08. The third-order valence-corrected chi connectivity index (χ3v) is 3.24. The summed E-state index contributed by atoms with van der Waals surface area (Å²) in [5, 5.41) is 13.3. The molecule has 1 fully saturated rings. The number of benzene rings is 1. The Labute approximate surface area is 110 Å². The molecule has 0 spiro atoms. The van der Waals surface area contributed by atoms with Crippen LogP contribution in [0.15, 0.2) is 40.9 Å². The van der Waals surface area contributed by atoms with Gasteiger partial charge in [0.05, 0.1) is 6.10 Å². The maximum absolute atomic E-state index is 12.1. The maximum atomic E-state index is 12.1. The van der Waals surface area contributed by atoms with E-state index in [2.05, 4.69) is 5.16 Å². The average molecular weight is 258 g/mol. The lowest BCUT2D eigenvalue weighted by Gasteiger charge is -2.12. The molecule has 1 aromatic carbocycles. The molecule has 0 unspecified atom stereocenters. The number of nitrogens with zero attached hydrogens (tertiary/aromatic N) is 2. The molecule has 0 bridgehead atoms. The second kappa shape index (κ2) is 4.85. The molecule has 1 atom stereocenters. The molecular formula is C14H14N2O3. The van der Waals surface area contributed by atoms with Crippen LogP contribution in [0.1, 0.15) is 16.9 Å². The van der Waals surface area contributed by atoms with Gasteiger partial charge in [-0.25, -0.2) is 0 Å². The van der Waals surface area contributed by atoms with Crippen molar-refractivity contribution in [3.05, 3.63) is 42.1 Å². The van der Waals surface area contributed by atoms with Crippen LogP contribution in [0.3, 0.4) is 0 Å². The SMILES string of the molecule is O=C(c1cc(-c2ccccc2)on1)N1CC[C@@H](O)C1. The van der Waals surface area contributed by atoms with Crippen LogP contribution in [0.5, 0.6) is 0 Å². The largest absolute Gasteiger partial charge is 0.391 e. The van der Waals surface area contributed by atoms with Gasteiger partial charge in [-0.3, -0.25) is 4.79 Å². The van der Waals surface area contributed by atoms with Gasteiger partial charge in [0.2, 0.25) is 0 Å². The number of aromatic nitrogens is 1. The number of hydrogen-bond acceptors (Lipinski definition) is 4. The summed E-state index contributed by atoms with van der Waals surface area (Å²) in [4.78, 5) is 13.7. The molecule has 19 heavy (non-hydrogen) atoms. The highest BCUT2D eigenvalue weighted by Crippen LogP contribution is 2.21. The molecule has 3 rings (SSSR count). The monoisotopic (exact) mass is 258 g/mol. The molecule has 5 nitrogen and oxygen atoms in total. The Morgan fingerprint density at radius 2 is 2.16 bits per heavy atom. The van der Waals surface area contributed by atoms with Crippen LogP contribution in [-0.4, -0.2) is 40.3 Å². The van der Waals surface area contributed by atoms with E-state index >= 15 is 0 Å². The number of carbonyl (C=O) groups is 1. The van der Waals surface area contributed by atoms with E-state index in [4.69, 9.17) is 4.52 Å². The topological polar surface area (TPSA) is 66.6 Å². The number of amides is 1. The molecule has 2 aromatic rings. The molecule has 1 aliphatic rings. The smallest absolute Gasteiger partial charge is 0.276 e. The molecule has 1 amide bonds.